The normalized spacial score (nSPS) is 16.8. The van der Waals surface area contributed by atoms with E-state index in [1.54, 1.807) is 43.5 Å². The van der Waals surface area contributed by atoms with E-state index in [4.69, 9.17) is 9.15 Å². The second kappa shape index (κ2) is 7.80. The number of carbonyl (C=O) groups excluding carboxylic acids is 1. The van der Waals surface area contributed by atoms with Gasteiger partial charge in [-0.15, -0.1) is 10.2 Å². The highest BCUT2D eigenvalue weighted by atomic mass is 19.1. The summed E-state index contributed by atoms with van der Waals surface area (Å²) in [6.07, 6.45) is 1.73. The Labute approximate surface area is 161 Å². The van der Waals surface area contributed by atoms with Gasteiger partial charge in [0.05, 0.1) is 13.0 Å². The third kappa shape index (κ3) is 3.74. The number of piperidine rings is 1. The van der Waals surface area contributed by atoms with Crippen LogP contribution in [0.4, 0.5) is 4.39 Å². The molecule has 1 atom stereocenters. The molecule has 1 fully saturated rings. The molecule has 0 bridgehead atoms. The Morgan fingerprint density at radius 2 is 1.89 bits per heavy atom. The summed E-state index contributed by atoms with van der Waals surface area (Å²) in [5.41, 5.74) is 1.29. The molecule has 1 amide bonds. The topological polar surface area (TPSA) is 68.5 Å². The first-order valence-corrected chi connectivity index (χ1v) is 9.16. The van der Waals surface area contributed by atoms with Gasteiger partial charge in [0.15, 0.2) is 0 Å². The first-order chi connectivity index (χ1) is 13.6. The highest BCUT2D eigenvalue weighted by molar-refractivity contribution is 5.94. The van der Waals surface area contributed by atoms with E-state index in [9.17, 15) is 9.18 Å². The van der Waals surface area contributed by atoms with Crippen molar-refractivity contribution < 1.29 is 18.3 Å². The number of methoxy groups -OCH3 is 1. The quantitative estimate of drug-likeness (QED) is 0.686. The lowest BCUT2D eigenvalue weighted by Gasteiger charge is -2.31. The van der Waals surface area contributed by atoms with Crippen LogP contribution in [0.25, 0.3) is 11.5 Å². The minimum Gasteiger partial charge on any atom is -0.497 e. The summed E-state index contributed by atoms with van der Waals surface area (Å²) >= 11 is 0. The fourth-order valence-electron chi connectivity index (χ4n) is 3.39. The molecular weight excluding hydrogens is 361 g/mol. The second-order valence-corrected chi connectivity index (χ2v) is 6.77. The zero-order valence-electron chi connectivity index (χ0n) is 15.5. The van der Waals surface area contributed by atoms with Gasteiger partial charge in [-0.05, 0) is 61.4 Å². The summed E-state index contributed by atoms with van der Waals surface area (Å²) in [4.78, 5) is 14.6. The second-order valence-electron chi connectivity index (χ2n) is 6.77. The van der Waals surface area contributed by atoms with Gasteiger partial charge in [0.1, 0.15) is 11.6 Å². The molecule has 28 heavy (non-hydrogen) atoms. The van der Waals surface area contributed by atoms with Crippen molar-refractivity contribution in [3.05, 3.63) is 65.8 Å². The Morgan fingerprint density at radius 3 is 2.61 bits per heavy atom. The molecule has 6 nitrogen and oxygen atoms in total. The Bertz CT molecular complexity index is 954. The molecule has 1 aliphatic heterocycles. The van der Waals surface area contributed by atoms with Crippen molar-refractivity contribution in [2.75, 3.05) is 20.2 Å². The van der Waals surface area contributed by atoms with Crippen molar-refractivity contribution in [1.29, 1.82) is 0 Å². The molecule has 0 spiro atoms. The maximum Gasteiger partial charge on any atom is 0.253 e. The molecule has 2 aromatic carbocycles. The van der Waals surface area contributed by atoms with Gasteiger partial charge in [0, 0.05) is 24.2 Å². The molecule has 0 saturated carbocycles. The highest BCUT2D eigenvalue weighted by Gasteiger charge is 2.29. The van der Waals surface area contributed by atoms with E-state index in [0.717, 1.165) is 12.8 Å². The number of aromatic nitrogens is 2. The van der Waals surface area contributed by atoms with Crippen LogP contribution in [0.5, 0.6) is 5.75 Å². The number of nitrogens with zero attached hydrogens (tertiary/aromatic N) is 3. The Morgan fingerprint density at radius 1 is 1.14 bits per heavy atom. The van der Waals surface area contributed by atoms with Crippen LogP contribution >= 0.6 is 0 Å². The average Bonchev–Trinajstić information content (AvgIpc) is 3.24. The van der Waals surface area contributed by atoms with Crippen LogP contribution < -0.4 is 4.74 Å². The SMILES string of the molecule is COc1ccc(C(=O)N2CCCC(c3nnc(-c4ccc(F)cc4)o3)C2)cc1. The van der Waals surface area contributed by atoms with Crippen molar-refractivity contribution in [3.8, 4) is 17.2 Å². The molecule has 4 rings (SSSR count). The molecule has 1 unspecified atom stereocenters. The summed E-state index contributed by atoms with van der Waals surface area (Å²) < 4.78 is 24.0. The summed E-state index contributed by atoms with van der Waals surface area (Å²) in [6, 6.07) is 13.0. The van der Waals surface area contributed by atoms with Gasteiger partial charge < -0.3 is 14.1 Å². The predicted octanol–water partition coefficient (Wildman–Crippen LogP) is 3.90. The first kappa shape index (κ1) is 18.2. The van der Waals surface area contributed by atoms with Crippen LogP contribution in [-0.2, 0) is 0 Å². The lowest BCUT2D eigenvalue weighted by molar-refractivity contribution is 0.0698. The largest absolute Gasteiger partial charge is 0.497 e. The maximum absolute atomic E-state index is 13.1. The Hall–Kier alpha value is -3.22. The number of hydrogen-bond donors (Lipinski definition) is 0. The van der Waals surface area contributed by atoms with Gasteiger partial charge in [-0.1, -0.05) is 0 Å². The molecule has 1 saturated heterocycles. The molecule has 1 aliphatic rings. The van der Waals surface area contributed by atoms with Crippen LogP contribution in [0, 0.1) is 5.82 Å². The van der Waals surface area contributed by atoms with Crippen LogP contribution in [0.1, 0.15) is 35.0 Å². The van der Waals surface area contributed by atoms with E-state index in [1.165, 1.54) is 12.1 Å². The smallest absolute Gasteiger partial charge is 0.253 e. The molecule has 1 aromatic heterocycles. The van der Waals surface area contributed by atoms with E-state index in [1.807, 2.05) is 4.90 Å². The molecule has 0 aliphatic carbocycles. The fraction of sp³-hybridized carbons (Fsp3) is 0.286. The van der Waals surface area contributed by atoms with Gasteiger partial charge in [-0.3, -0.25) is 4.79 Å². The zero-order valence-corrected chi connectivity index (χ0v) is 15.5. The molecule has 3 aromatic rings. The Balaban J connectivity index is 1.47. The number of ether oxygens (including phenoxy) is 1. The summed E-state index contributed by atoms with van der Waals surface area (Å²) in [6.45, 7) is 1.22. The van der Waals surface area contributed by atoms with Crippen LogP contribution in [0.15, 0.2) is 52.9 Å². The van der Waals surface area contributed by atoms with Crippen molar-refractivity contribution in [2.45, 2.75) is 18.8 Å². The number of amides is 1. The Kier molecular flexibility index (Phi) is 5.06. The van der Waals surface area contributed by atoms with Crippen molar-refractivity contribution in [2.24, 2.45) is 0 Å². The monoisotopic (exact) mass is 381 g/mol. The van der Waals surface area contributed by atoms with Crippen LogP contribution in [-0.4, -0.2) is 41.2 Å². The van der Waals surface area contributed by atoms with E-state index in [-0.39, 0.29) is 17.6 Å². The van der Waals surface area contributed by atoms with Crippen molar-refractivity contribution in [1.82, 2.24) is 15.1 Å². The first-order valence-electron chi connectivity index (χ1n) is 9.16. The van der Waals surface area contributed by atoms with Gasteiger partial charge in [-0.25, -0.2) is 4.39 Å². The number of benzene rings is 2. The maximum atomic E-state index is 13.1. The van der Waals surface area contributed by atoms with Crippen molar-refractivity contribution >= 4 is 5.91 Å². The lowest BCUT2D eigenvalue weighted by Crippen LogP contribution is -2.39. The molecule has 2 heterocycles. The number of rotatable bonds is 4. The lowest BCUT2D eigenvalue weighted by atomic mass is 9.97. The average molecular weight is 381 g/mol. The van der Waals surface area contributed by atoms with E-state index in [2.05, 4.69) is 10.2 Å². The predicted molar refractivity (Wildman–Crippen MR) is 101 cm³/mol. The number of carbonyl (C=O) groups is 1. The zero-order chi connectivity index (χ0) is 19.5. The molecule has 7 heteroatoms. The molecule has 0 radical (unpaired) electrons. The molecule has 0 N–H and O–H groups in total. The standard InChI is InChI=1S/C21H20FN3O3/c1-27-18-10-6-15(7-11-18)21(26)25-12-2-3-16(13-25)20-24-23-19(28-20)14-4-8-17(22)9-5-14/h4-11,16H,2-3,12-13H2,1H3. The number of halogens is 1. The fourth-order valence-corrected chi connectivity index (χ4v) is 3.39. The summed E-state index contributed by atoms with van der Waals surface area (Å²) in [5, 5.41) is 8.24. The van der Waals surface area contributed by atoms with Gasteiger partial charge >= 0.3 is 0 Å². The van der Waals surface area contributed by atoms with Crippen LogP contribution in [0.2, 0.25) is 0 Å². The molecule has 144 valence electrons. The molecular formula is C21H20FN3O3. The van der Waals surface area contributed by atoms with Crippen LogP contribution in [0.3, 0.4) is 0 Å². The minimum atomic E-state index is -0.316. The highest BCUT2D eigenvalue weighted by Crippen LogP contribution is 2.29. The minimum absolute atomic E-state index is 0.0161. The summed E-state index contributed by atoms with van der Waals surface area (Å²) in [5.74, 6) is 1.22. The number of hydrogen-bond acceptors (Lipinski definition) is 5. The van der Waals surface area contributed by atoms with Gasteiger partial charge in [0.25, 0.3) is 5.91 Å². The van der Waals surface area contributed by atoms with E-state index >= 15 is 0 Å². The van der Waals surface area contributed by atoms with E-state index < -0.39 is 0 Å². The van der Waals surface area contributed by atoms with Gasteiger partial charge in [0.2, 0.25) is 11.8 Å². The third-order valence-electron chi connectivity index (χ3n) is 4.93. The van der Waals surface area contributed by atoms with Gasteiger partial charge in [-0.2, -0.15) is 0 Å². The van der Waals surface area contributed by atoms with Crippen molar-refractivity contribution in [3.63, 3.8) is 0 Å². The summed E-state index contributed by atoms with van der Waals surface area (Å²) in [7, 11) is 1.59. The third-order valence-corrected chi connectivity index (χ3v) is 4.93. The van der Waals surface area contributed by atoms with E-state index in [0.29, 0.717) is 41.7 Å². The number of likely N-dealkylation sites (tertiary alicyclic amines) is 1.